The van der Waals surface area contributed by atoms with Gasteiger partial charge >= 0.3 is 0 Å². The Labute approximate surface area is 181 Å². The van der Waals surface area contributed by atoms with E-state index in [0.717, 1.165) is 61.0 Å². The molecule has 1 fully saturated rings. The van der Waals surface area contributed by atoms with Gasteiger partial charge in [-0.15, -0.1) is 0 Å². The number of furan rings is 1. The molecule has 0 amide bonds. The zero-order valence-electron chi connectivity index (χ0n) is 17.5. The summed E-state index contributed by atoms with van der Waals surface area (Å²) in [6.45, 7) is 5.05. The molecule has 0 unspecified atom stereocenters. The lowest BCUT2D eigenvalue weighted by atomic mass is 10.0. The molecule has 2 aromatic heterocycles. The van der Waals surface area contributed by atoms with E-state index in [4.69, 9.17) is 4.42 Å². The van der Waals surface area contributed by atoms with Crippen molar-refractivity contribution in [3.05, 3.63) is 84.5 Å². The van der Waals surface area contributed by atoms with Gasteiger partial charge in [-0.3, -0.25) is 4.90 Å². The van der Waals surface area contributed by atoms with Crippen molar-refractivity contribution < 1.29 is 8.81 Å². The molecule has 0 radical (unpaired) electrons. The third kappa shape index (κ3) is 4.04. The van der Waals surface area contributed by atoms with Crippen molar-refractivity contribution in [2.45, 2.75) is 6.54 Å². The van der Waals surface area contributed by atoms with Gasteiger partial charge in [0.15, 0.2) is 5.76 Å². The molecule has 1 aliphatic heterocycles. The highest BCUT2D eigenvalue weighted by atomic mass is 19.1. The number of benzene rings is 2. The van der Waals surface area contributed by atoms with Crippen molar-refractivity contribution in [1.82, 2.24) is 19.6 Å². The first kappa shape index (κ1) is 19.7. The van der Waals surface area contributed by atoms with Crippen LogP contribution in [0.3, 0.4) is 0 Å². The molecule has 0 atom stereocenters. The predicted octanol–water partition coefficient (Wildman–Crippen LogP) is 4.69. The van der Waals surface area contributed by atoms with E-state index in [1.54, 1.807) is 18.4 Å². The molecule has 0 N–H and O–H groups in total. The van der Waals surface area contributed by atoms with Crippen LogP contribution in [0.5, 0.6) is 0 Å². The Morgan fingerprint density at radius 3 is 2.42 bits per heavy atom. The second-order valence-electron chi connectivity index (χ2n) is 8.01. The van der Waals surface area contributed by atoms with Crippen LogP contribution in [0.4, 0.5) is 4.39 Å². The lowest BCUT2D eigenvalue weighted by molar-refractivity contribution is 0.148. The van der Waals surface area contributed by atoms with Gasteiger partial charge in [-0.2, -0.15) is 5.10 Å². The summed E-state index contributed by atoms with van der Waals surface area (Å²) in [6.07, 6.45) is 3.62. The molecular weight excluding hydrogens is 391 g/mol. The van der Waals surface area contributed by atoms with Crippen LogP contribution < -0.4 is 0 Å². The number of hydrogen-bond donors (Lipinski definition) is 0. The summed E-state index contributed by atoms with van der Waals surface area (Å²) in [7, 11) is 2.16. The fourth-order valence-electron chi connectivity index (χ4n) is 4.09. The van der Waals surface area contributed by atoms with Crippen molar-refractivity contribution in [1.29, 1.82) is 0 Å². The molecule has 0 bridgehead atoms. The van der Waals surface area contributed by atoms with E-state index in [-0.39, 0.29) is 5.82 Å². The number of hydrogen-bond acceptors (Lipinski definition) is 4. The minimum absolute atomic E-state index is 0.222. The van der Waals surface area contributed by atoms with Gasteiger partial charge in [0.2, 0.25) is 0 Å². The van der Waals surface area contributed by atoms with E-state index < -0.39 is 0 Å². The maximum absolute atomic E-state index is 14.2. The fourth-order valence-corrected chi connectivity index (χ4v) is 4.09. The second-order valence-corrected chi connectivity index (χ2v) is 8.01. The van der Waals surface area contributed by atoms with Crippen LogP contribution >= 0.6 is 0 Å². The normalized spacial score (nSPS) is 15.4. The molecule has 31 heavy (non-hydrogen) atoms. The van der Waals surface area contributed by atoms with Gasteiger partial charge in [-0.05, 0) is 42.9 Å². The first-order valence-electron chi connectivity index (χ1n) is 10.6. The summed E-state index contributed by atoms with van der Waals surface area (Å²) >= 11 is 0. The van der Waals surface area contributed by atoms with Gasteiger partial charge in [0, 0.05) is 43.9 Å². The molecule has 2 aromatic carbocycles. The smallest absolute Gasteiger partial charge is 0.152 e. The topological polar surface area (TPSA) is 37.4 Å². The average Bonchev–Trinajstić information content (AvgIpc) is 3.46. The Kier molecular flexibility index (Phi) is 5.40. The van der Waals surface area contributed by atoms with Crippen LogP contribution in [-0.4, -0.2) is 52.8 Å². The van der Waals surface area contributed by atoms with Crippen LogP contribution in [0.25, 0.3) is 28.3 Å². The summed E-state index contributed by atoms with van der Waals surface area (Å²) in [6, 6.07) is 18.5. The number of likely N-dealkylation sites (N-methyl/N-ethyl adjacent to an activating group) is 1. The summed E-state index contributed by atoms with van der Waals surface area (Å²) in [5.74, 6) is 0.569. The minimum atomic E-state index is -0.222. The third-order valence-corrected chi connectivity index (χ3v) is 5.89. The van der Waals surface area contributed by atoms with Gasteiger partial charge in [-0.1, -0.05) is 30.3 Å². The second kappa shape index (κ2) is 8.49. The van der Waals surface area contributed by atoms with Crippen LogP contribution in [-0.2, 0) is 6.54 Å². The van der Waals surface area contributed by atoms with Gasteiger partial charge in [0.05, 0.1) is 18.1 Å². The minimum Gasteiger partial charge on any atom is -0.463 e. The molecule has 5 nitrogen and oxygen atoms in total. The fraction of sp³-hybridized carbons (Fsp3) is 0.240. The molecular formula is C25H25FN4O. The van der Waals surface area contributed by atoms with Crippen molar-refractivity contribution in [2.75, 3.05) is 33.2 Å². The van der Waals surface area contributed by atoms with Crippen molar-refractivity contribution in [3.63, 3.8) is 0 Å². The maximum atomic E-state index is 14.2. The quantitative estimate of drug-likeness (QED) is 0.473. The summed E-state index contributed by atoms with van der Waals surface area (Å²) in [5.41, 5.74) is 4.44. The van der Waals surface area contributed by atoms with Crippen LogP contribution in [0.1, 0.15) is 5.56 Å². The SMILES string of the molecule is CN1CCN(Cc2cnn(-c3ccc(-c4ccccc4F)cc3)c2-c2ccco2)CC1. The molecule has 5 rings (SSSR count). The molecule has 1 aliphatic rings. The van der Waals surface area contributed by atoms with Gasteiger partial charge in [0.1, 0.15) is 11.5 Å². The van der Waals surface area contributed by atoms with Crippen molar-refractivity contribution >= 4 is 0 Å². The van der Waals surface area contributed by atoms with Crippen LogP contribution in [0.2, 0.25) is 0 Å². The van der Waals surface area contributed by atoms with E-state index in [2.05, 4.69) is 21.9 Å². The number of rotatable bonds is 5. The van der Waals surface area contributed by atoms with E-state index in [0.29, 0.717) is 5.56 Å². The average molecular weight is 417 g/mol. The first-order valence-corrected chi connectivity index (χ1v) is 10.6. The largest absolute Gasteiger partial charge is 0.463 e. The maximum Gasteiger partial charge on any atom is 0.152 e. The van der Waals surface area contributed by atoms with E-state index >= 15 is 0 Å². The summed E-state index contributed by atoms with van der Waals surface area (Å²) in [4.78, 5) is 4.81. The van der Waals surface area contributed by atoms with E-state index in [9.17, 15) is 4.39 Å². The lowest BCUT2D eigenvalue weighted by Gasteiger charge is -2.32. The Balaban J connectivity index is 1.48. The predicted molar refractivity (Wildman–Crippen MR) is 119 cm³/mol. The van der Waals surface area contributed by atoms with Crippen molar-refractivity contribution in [2.24, 2.45) is 0 Å². The molecule has 6 heteroatoms. The van der Waals surface area contributed by atoms with E-state index in [1.165, 1.54) is 6.07 Å². The van der Waals surface area contributed by atoms with Gasteiger partial charge in [-0.25, -0.2) is 9.07 Å². The molecule has 0 spiro atoms. The lowest BCUT2D eigenvalue weighted by Crippen LogP contribution is -2.43. The molecule has 1 saturated heterocycles. The highest BCUT2D eigenvalue weighted by molar-refractivity contribution is 5.66. The van der Waals surface area contributed by atoms with Gasteiger partial charge < -0.3 is 9.32 Å². The van der Waals surface area contributed by atoms with E-state index in [1.807, 2.05) is 53.3 Å². The Hall–Kier alpha value is -3.22. The summed E-state index contributed by atoms with van der Waals surface area (Å²) in [5, 5.41) is 4.69. The van der Waals surface area contributed by atoms with Crippen LogP contribution in [0.15, 0.2) is 77.5 Å². The number of aromatic nitrogens is 2. The highest BCUT2D eigenvalue weighted by Crippen LogP contribution is 2.30. The number of piperazine rings is 1. The molecule has 4 aromatic rings. The monoisotopic (exact) mass is 416 g/mol. The molecule has 3 heterocycles. The Morgan fingerprint density at radius 2 is 1.71 bits per heavy atom. The Morgan fingerprint density at radius 1 is 0.935 bits per heavy atom. The molecule has 0 aliphatic carbocycles. The van der Waals surface area contributed by atoms with Crippen LogP contribution in [0, 0.1) is 5.82 Å². The Bertz CT molecular complexity index is 1140. The zero-order valence-corrected chi connectivity index (χ0v) is 17.5. The highest BCUT2D eigenvalue weighted by Gasteiger charge is 2.21. The first-order chi connectivity index (χ1) is 15.2. The van der Waals surface area contributed by atoms with Gasteiger partial charge in [0.25, 0.3) is 0 Å². The van der Waals surface area contributed by atoms with Crippen molar-refractivity contribution in [3.8, 4) is 28.3 Å². The zero-order chi connectivity index (χ0) is 21.2. The standard InChI is InChI=1S/C25H25FN4O/c1-28-12-14-29(15-13-28)18-20-17-27-30(25(20)24-7-4-16-31-24)21-10-8-19(9-11-21)22-5-2-3-6-23(22)26/h2-11,16-17H,12-15,18H2,1H3. The third-order valence-electron chi connectivity index (χ3n) is 5.89. The summed E-state index contributed by atoms with van der Waals surface area (Å²) < 4.78 is 21.8. The number of halogens is 1. The molecule has 0 saturated carbocycles. The number of nitrogens with zero attached hydrogens (tertiary/aromatic N) is 4. The molecule has 158 valence electrons.